The first-order valence-corrected chi connectivity index (χ1v) is 17.2. The molecule has 6 rings (SSSR count). The quantitative estimate of drug-likeness (QED) is 0.146. The van der Waals surface area contributed by atoms with Gasteiger partial charge in [-0.05, 0) is 78.4 Å². The van der Waals surface area contributed by atoms with Gasteiger partial charge in [0, 0.05) is 5.69 Å². The fourth-order valence-electron chi connectivity index (χ4n) is 5.77. The van der Waals surface area contributed by atoms with Crippen molar-refractivity contribution in [3.8, 4) is 17.2 Å². The first-order valence-electron chi connectivity index (χ1n) is 16.3. The molecule has 1 aliphatic rings. The van der Waals surface area contributed by atoms with Crippen molar-refractivity contribution in [2.75, 3.05) is 25.6 Å². The molecule has 9 heteroatoms. The van der Waals surface area contributed by atoms with Crippen LogP contribution in [0, 0.1) is 0 Å². The molecule has 0 saturated heterocycles. The van der Waals surface area contributed by atoms with E-state index in [0.29, 0.717) is 56.9 Å². The number of rotatable bonds is 12. The van der Waals surface area contributed by atoms with E-state index in [1.807, 2.05) is 104 Å². The Morgan fingerprint density at radius 2 is 1.63 bits per heavy atom. The van der Waals surface area contributed by atoms with Crippen molar-refractivity contribution >= 4 is 29.0 Å². The van der Waals surface area contributed by atoms with Crippen molar-refractivity contribution in [3.63, 3.8) is 0 Å². The van der Waals surface area contributed by atoms with Crippen LogP contribution in [0.25, 0.3) is 6.08 Å². The summed E-state index contributed by atoms with van der Waals surface area (Å²) in [7, 11) is 1.58. The lowest BCUT2D eigenvalue weighted by molar-refractivity contribution is -0.113. The molecule has 49 heavy (non-hydrogen) atoms. The summed E-state index contributed by atoms with van der Waals surface area (Å²) in [5.74, 6) is 2.12. The van der Waals surface area contributed by atoms with Crippen LogP contribution in [0.3, 0.4) is 0 Å². The number of hydrogen-bond donors (Lipinski definition) is 1. The number of benzene rings is 4. The van der Waals surface area contributed by atoms with Crippen molar-refractivity contribution in [1.29, 1.82) is 0 Å². The number of hydrogen-bond acceptors (Lipinski definition) is 7. The van der Waals surface area contributed by atoms with Gasteiger partial charge in [-0.1, -0.05) is 91.9 Å². The summed E-state index contributed by atoms with van der Waals surface area (Å²) < 4.78 is 19.6. The number of amides is 1. The highest BCUT2D eigenvalue weighted by molar-refractivity contribution is 7.07. The van der Waals surface area contributed by atoms with Gasteiger partial charge in [-0.15, -0.1) is 0 Å². The Morgan fingerprint density at radius 1 is 0.939 bits per heavy atom. The van der Waals surface area contributed by atoms with Crippen LogP contribution in [-0.4, -0.2) is 30.8 Å². The normalized spacial score (nSPS) is 14.9. The van der Waals surface area contributed by atoms with Gasteiger partial charge in [-0.25, -0.2) is 4.99 Å². The zero-order chi connectivity index (χ0) is 34.3. The molecule has 2 atom stereocenters. The van der Waals surface area contributed by atoms with Gasteiger partial charge in [-0.3, -0.25) is 14.2 Å². The van der Waals surface area contributed by atoms with E-state index in [-0.39, 0.29) is 11.5 Å². The molecule has 0 fully saturated rings. The van der Waals surface area contributed by atoms with Gasteiger partial charge >= 0.3 is 0 Å². The molecule has 1 aromatic heterocycles. The number of fused-ring (bicyclic) bond motifs is 1. The number of anilines is 1. The number of thiazole rings is 1. The van der Waals surface area contributed by atoms with Crippen LogP contribution in [-0.2, 0) is 4.79 Å². The molecular formula is C40H39N3O5S. The molecule has 250 valence electrons. The van der Waals surface area contributed by atoms with E-state index in [0.717, 1.165) is 23.3 Å². The second-order valence-corrected chi connectivity index (χ2v) is 12.8. The van der Waals surface area contributed by atoms with E-state index < -0.39 is 6.04 Å². The number of nitrogens with one attached hydrogen (secondary N) is 1. The van der Waals surface area contributed by atoms with Crippen LogP contribution in [0.5, 0.6) is 17.2 Å². The van der Waals surface area contributed by atoms with Crippen molar-refractivity contribution in [2.24, 2.45) is 4.99 Å². The van der Waals surface area contributed by atoms with Gasteiger partial charge in [0.1, 0.15) is 19.0 Å². The molecule has 2 heterocycles. The molecule has 0 saturated carbocycles. The predicted molar refractivity (Wildman–Crippen MR) is 194 cm³/mol. The van der Waals surface area contributed by atoms with Crippen LogP contribution in [0.1, 0.15) is 55.8 Å². The summed E-state index contributed by atoms with van der Waals surface area (Å²) in [5, 5.41) is 2.98. The molecule has 8 nitrogen and oxygen atoms in total. The van der Waals surface area contributed by atoms with Crippen molar-refractivity contribution in [1.82, 2.24) is 4.57 Å². The van der Waals surface area contributed by atoms with Crippen LogP contribution < -0.4 is 34.4 Å². The number of aromatic nitrogens is 1. The Bertz CT molecular complexity index is 2140. The van der Waals surface area contributed by atoms with E-state index >= 15 is 0 Å². The topological polar surface area (TPSA) is 91.2 Å². The van der Waals surface area contributed by atoms with E-state index in [1.54, 1.807) is 11.7 Å². The Hall–Kier alpha value is -5.41. The first kappa shape index (κ1) is 33.5. The third-order valence-corrected chi connectivity index (χ3v) is 9.55. The predicted octanol–water partition coefficient (Wildman–Crippen LogP) is 6.85. The molecule has 4 aromatic carbocycles. The van der Waals surface area contributed by atoms with Gasteiger partial charge in [0.25, 0.3) is 11.5 Å². The third-order valence-electron chi connectivity index (χ3n) is 8.57. The number of nitrogens with zero attached hydrogens (tertiary/aromatic N) is 2. The van der Waals surface area contributed by atoms with E-state index in [9.17, 15) is 9.59 Å². The molecule has 1 N–H and O–H groups in total. The number of methoxy groups -OCH3 is 1. The zero-order valence-corrected chi connectivity index (χ0v) is 28.8. The van der Waals surface area contributed by atoms with Gasteiger partial charge in [0.05, 0.1) is 29.0 Å². The molecule has 1 amide bonds. The zero-order valence-electron chi connectivity index (χ0n) is 28.0. The highest BCUT2D eigenvalue weighted by Crippen LogP contribution is 2.31. The summed E-state index contributed by atoms with van der Waals surface area (Å²) in [6, 6.07) is 31.9. The summed E-state index contributed by atoms with van der Waals surface area (Å²) in [6.45, 7) is 6.92. The fourth-order valence-corrected chi connectivity index (χ4v) is 6.81. The summed E-state index contributed by atoms with van der Waals surface area (Å²) in [5.41, 5.74) is 4.29. The van der Waals surface area contributed by atoms with E-state index in [4.69, 9.17) is 19.2 Å². The van der Waals surface area contributed by atoms with Gasteiger partial charge in [0.15, 0.2) is 16.3 Å². The molecule has 0 bridgehead atoms. The van der Waals surface area contributed by atoms with Crippen molar-refractivity contribution in [2.45, 2.75) is 39.2 Å². The second kappa shape index (κ2) is 15.2. The van der Waals surface area contributed by atoms with Gasteiger partial charge in [-0.2, -0.15) is 0 Å². The molecule has 0 radical (unpaired) electrons. The number of carbonyl (C=O) groups excluding carboxylic acids is 1. The van der Waals surface area contributed by atoms with Crippen LogP contribution in [0.4, 0.5) is 5.69 Å². The maximum atomic E-state index is 14.1. The molecule has 1 aliphatic heterocycles. The van der Waals surface area contributed by atoms with E-state index in [1.165, 1.54) is 16.9 Å². The number of carbonyl (C=O) groups is 1. The molecule has 0 spiro atoms. The minimum absolute atomic E-state index is 0.233. The van der Waals surface area contributed by atoms with Crippen LogP contribution >= 0.6 is 11.3 Å². The Labute approximate surface area is 289 Å². The monoisotopic (exact) mass is 673 g/mol. The number of ether oxygens (including phenoxy) is 3. The smallest absolute Gasteiger partial charge is 0.271 e. The fraction of sp³-hybridized carbons (Fsp3) is 0.225. The van der Waals surface area contributed by atoms with Gasteiger partial charge < -0.3 is 19.5 Å². The lowest BCUT2D eigenvalue weighted by Crippen LogP contribution is -2.40. The third kappa shape index (κ3) is 7.52. The Morgan fingerprint density at radius 3 is 2.33 bits per heavy atom. The summed E-state index contributed by atoms with van der Waals surface area (Å²) in [4.78, 5) is 33.1. The molecular weight excluding hydrogens is 635 g/mol. The molecule has 0 unspecified atom stereocenters. The van der Waals surface area contributed by atoms with Crippen molar-refractivity contribution < 1.29 is 19.0 Å². The highest BCUT2D eigenvalue weighted by Gasteiger charge is 2.32. The van der Waals surface area contributed by atoms with Crippen LogP contribution in [0.15, 0.2) is 124 Å². The average molecular weight is 674 g/mol. The maximum absolute atomic E-state index is 14.1. The lowest BCUT2D eigenvalue weighted by Gasteiger charge is -2.25. The molecule has 5 aromatic rings. The SMILES string of the molecule is CC[C@H](C)c1ccc(OCCOc2ccc(/C=c3\sc4n(c3=O)[C@H](c3ccccc3)C(C(=O)Nc3ccccc3)=C(C)N=4)cc2OC)cc1. The van der Waals surface area contributed by atoms with Gasteiger partial charge in [0.2, 0.25) is 0 Å². The molecule has 0 aliphatic carbocycles. The lowest BCUT2D eigenvalue weighted by atomic mass is 9.95. The number of para-hydroxylation sites is 1. The Kier molecular flexibility index (Phi) is 10.4. The average Bonchev–Trinajstić information content (AvgIpc) is 3.43. The first-order chi connectivity index (χ1) is 23.9. The second-order valence-electron chi connectivity index (χ2n) is 11.8. The minimum atomic E-state index is -0.645. The summed E-state index contributed by atoms with van der Waals surface area (Å²) >= 11 is 1.29. The van der Waals surface area contributed by atoms with Crippen molar-refractivity contribution in [3.05, 3.63) is 151 Å². The number of allylic oxidation sites excluding steroid dienone is 1. The maximum Gasteiger partial charge on any atom is 0.271 e. The Balaban J connectivity index is 1.23. The largest absolute Gasteiger partial charge is 0.493 e. The van der Waals surface area contributed by atoms with E-state index in [2.05, 4.69) is 31.3 Å². The van der Waals surface area contributed by atoms with Crippen LogP contribution in [0.2, 0.25) is 0 Å². The standard InChI is InChI=1S/C40H39N3O5S/c1-5-26(2)29-17-19-32(20-18-29)47-22-23-48-33-21-16-28(24-34(33)46-4)25-35-39(45)43-37(30-12-8-6-9-13-30)36(27(3)41-40(43)49-35)38(44)42-31-14-10-7-11-15-31/h6-21,24-26,37H,5,22-23H2,1-4H3,(H,42,44)/b35-25-/t26-,37+/m0/s1. The highest BCUT2D eigenvalue weighted by atomic mass is 32.1. The minimum Gasteiger partial charge on any atom is -0.493 e. The summed E-state index contributed by atoms with van der Waals surface area (Å²) in [6.07, 6.45) is 2.91.